The van der Waals surface area contributed by atoms with E-state index in [1.165, 1.54) is 4.90 Å². The van der Waals surface area contributed by atoms with Gasteiger partial charge in [0, 0.05) is 31.0 Å². The van der Waals surface area contributed by atoms with E-state index in [4.69, 9.17) is 4.74 Å². The first-order valence-electron chi connectivity index (χ1n) is 12.4. The van der Waals surface area contributed by atoms with Crippen LogP contribution in [0.4, 0.5) is 11.4 Å². The zero-order valence-corrected chi connectivity index (χ0v) is 20.6. The molecule has 0 saturated carbocycles. The van der Waals surface area contributed by atoms with Gasteiger partial charge in [-0.2, -0.15) is 0 Å². The Morgan fingerprint density at radius 1 is 1.26 bits per heavy atom. The van der Waals surface area contributed by atoms with Crippen LogP contribution in [-0.2, 0) is 19.1 Å². The van der Waals surface area contributed by atoms with Crippen molar-refractivity contribution in [1.82, 2.24) is 4.90 Å². The summed E-state index contributed by atoms with van der Waals surface area (Å²) in [5.41, 5.74) is 0.473. The summed E-state index contributed by atoms with van der Waals surface area (Å²) in [5, 5.41) is 19.8. The molecule has 0 aliphatic carbocycles. The van der Waals surface area contributed by atoms with Crippen LogP contribution < -0.4 is 9.80 Å². The third-order valence-corrected chi connectivity index (χ3v) is 7.86. The molecule has 0 aromatic heterocycles. The van der Waals surface area contributed by atoms with Gasteiger partial charge in [-0.1, -0.05) is 6.08 Å². The van der Waals surface area contributed by atoms with E-state index in [1.807, 2.05) is 24.3 Å². The Kier molecular flexibility index (Phi) is 6.92. The average Bonchev–Trinajstić information content (AvgIpc) is 3.50. The van der Waals surface area contributed by atoms with Crippen molar-refractivity contribution in [2.75, 3.05) is 36.0 Å². The average molecular weight is 486 g/mol. The summed E-state index contributed by atoms with van der Waals surface area (Å²) in [6.45, 7) is 11.2. The van der Waals surface area contributed by atoms with E-state index in [1.54, 1.807) is 17.9 Å². The third-order valence-electron chi connectivity index (χ3n) is 7.86. The minimum atomic E-state index is -1.22. The standard InChI is InChI=1S/C26H35N3O6/c1-5-14-28(18-10-8-17(9-11-18)27(6-2)7-3)24(32)22-26-13-12-19(35-26)20(25(33)34)21(26)23(31)29(22)16(4)15-30/h5,8-11,16,19-22,30H,1,6-7,12-15H2,2-4H3,(H,33,34)/t16-,19-,20+,21+,22-,26+/m1/s1. The van der Waals surface area contributed by atoms with Gasteiger partial charge in [0.1, 0.15) is 11.6 Å². The zero-order chi connectivity index (χ0) is 25.5. The summed E-state index contributed by atoms with van der Waals surface area (Å²) in [6.07, 6.45) is 1.93. The highest BCUT2D eigenvalue weighted by Crippen LogP contribution is 2.59. The van der Waals surface area contributed by atoms with E-state index in [9.17, 15) is 24.6 Å². The monoisotopic (exact) mass is 485 g/mol. The lowest BCUT2D eigenvalue weighted by Gasteiger charge is -2.38. The maximum absolute atomic E-state index is 14.2. The van der Waals surface area contributed by atoms with E-state index in [2.05, 4.69) is 25.3 Å². The summed E-state index contributed by atoms with van der Waals surface area (Å²) < 4.78 is 6.23. The number of aliphatic hydroxyl groups is 1. The summed E-state index contributed by atoms with van der Waals surface area (Å²) in [7, 11) is 0. The Morgan fingerprint density at radius 2 is 1.89 bits per heavy atom. The second kappa shape index (κ2) is 9.62. The smallest absolute Gasteiger partial charge is 0.310 e. The quantitative estimate of drug-likeness (QED) is 0.487. The molecule has 3 saturated heterocycles. The highest BCUT2D eigenvalue weighted by atomic mass is 16.5. The first-order chi connectivity index (χ1) is 16.7. The number of hydrogen-bond acceptors (Lipinski definition) is 6. The fourth-order valence-corrected chi connectivity index (χ4v) is 6.25. The number of rotatable bonds is 10. The van der Waals surface area contributed by atoms with Crippen molar-refractivity contribution in [2.45, 2.75) is 57.4 Å². The molecule has 0 unspecified atom stereocenters. The van der Waals surface area contributed by atoms with Crippen LogP contribution in [-0.4, -0.2) is 82.9 Å². The number of likely N-dealkylation sites (tertiary alicyclic amines) is 1. The molecule has 35 heavy (non-hydrogen) atoms. The van der Waals surface area contributed by atoms with E-state index in [0.29, 0.717) is 18.5 Å². The van der Waals surface area contributed by atoms with Gasteiger partial charge in [0.2, 0.25) is 5.91 Å². The van der Waals surface area contributed by atoms with Gasteiger partial charge in [0.15, 0.2) is 0 Å². The van der Waals surface area contributed by atoms with Crippen LogP contribution in [0.2, 0.25) is 0 Å². The van der Waals surface area contributed by atoms with Crippen LogP contribution in [0, 0.1) is 11.8 Å². The number of carbonyl (C=O) groups excluding carboxylic acids is 2. The molecular formula is C26H35N3O6. The molecule has 4 rings (SSSR count). The minimum absolute atomic E-state index is 0.210. The van der Waals surface area contributed by atoms with Gasteiger partial charge in [0.25, 0.3) is 5.91 Å². The van der Waals surface area contributed by atoms with Crippen LogP contribution in [0.1, 0.15) is 33.6 Å². The predicted octanol–water partition coefficient (Wildman–Crippen LogP) is 1.89. The number of amides is 2. The maximum Gasteiger partial charge on any atom is 0.310 e. The lowest BCUT2D eigenvalue weighted by atomic mass is 9.70. The highest BCUT2D eigenvalue weighted by Gasteiger charge is 2.75. The van der Waals surface area contributed by atoms with Gasteiger partial charge < -0.3 is 29.6 Å². The fraction of sp³-hybridized carbons (Fsp3) is 0.577. The van der Waals surface area contributed by atoms with Gasteiger partial charge >= 0.3 is 5.97 Å². The number of carboxylic acid groups (broad SMARTS) is 1. The molecule has 2 bridgehead atoms. The highest BCUT2D eigenvalue weighted by molar-refractivity contribution is 6.04. The molecule has 1 aromatic rings. The molecule has 6 atom stereocenters. The number of benzene rings is 1. The van der Waals surface area contributed by atoms with Crippen LogP contribution >= 0.6 is 0 Å². The van der Waals surface area contributed by atoms with E-state index < -0.39 is 47.5 Å². The number of anilines is 2. The van der Waals surface area contributed by atoms with Crippen LogP contribution in [0.3, 0.4) is 0 Å². The Hall–Kier alpha value is -2.91. The Morgan fingerprint density at radius 3 is 2.43 bits per heavy atom. The first-order valence-corrected chi connectivity index (χ1v) is 12.4. The van der Waals surface area contributed by atoms with Crippen molar-refractivity contribution < 1.29 is 29.3 Å². The number of carboxylic acids is 1. The van der Waals surface area contributed by atoms with Crippen molar-refractivity contribution in [1.29, 1.82) is 0 Å². The third kappa shape index (κ3) is 3.81. The normalized spacial score (nSPS) is 29.7. The summed E-state index contributed by atoms with van der Waals surface area (Å²) >= 11 is 0. The SMILES string of the molecule is C=CCN(C(=O)[C@H]1N([C@H](C)CO)C(=O)[C@@H]2[C@@H](C(=O)O)[C@H]3CC[C@]21O3)c1ccc(N(CC)CC)cc1. The summed E-state index contributed by atoms with van der Waals surface area (Å²) in [4.78, 5) is 45.0. The van der Waals surface area contributed by atoms with Crippen molar-refractivity contribution >= 4 is 29.2 Å². The molecule has 190 valence electrons. The Labute approximate surface area is 205 Å². The molecule has 3 fully saturated rings. The second-order valence-electron chi connectivity index (χ2n) is 9.60. The summed E-state index contributed by atoms with van der Waals surface area (Å²) in [6, 6.07) is 5.96. The number of carbonyl (C=O) groups is 3. The maximum atomic E-state index is 14.2. The number of aliphatic carboxylic acids is 1. The number of ether oxygens (including phenoxy) is 1. The molecule has 3 aliphatic heterocycles. The first kappa shape index (κ1) is 25.2. The van der Waals surface area contributed by atoms with Gasteiger partial charge in [-0.25, -0.2) is 0 Å². The minimum Gasteiger partial charge on any atom is -0.481 e. The molecule has 3 aliphatic rings. The number of nitrogens with zero attached hydrogens (tertiary/aromatic N) is 3. The number of fused-ring (bicyclic) bond motifs is 1. The predicted molar refractivity (Wildman–Crippen MR) is 131 cm³/mol. The molecule has 9 nitrogen and oxygen atoms in total. The molecule has 2 amide bonds. The van der Waals surface area contributed by atoms with Crippen molar-refractivity contribution in [2.24, 2.45) is 11.8 Å². The largest absolute Gasteiger partial charge is 0.481 e. The molecule has 9 heteroatoms. The van der Waals surface area contributed by atoms with Gasteiger partial charge in [-0.3, -0.25) is 14.4 Å². The lowest BCUT2D eigenvalue weighted by Crippen LogP contribution is -2.58. The Bertz CT molecular complexity index is 993. The van der Waals surface area contributed by atoms with Crippen molar-refractivity contribution in [3.8, 4) is 0 Å². The van der Waals surface area contributed by atoms with Crippen LogP contribution in [0.5, 0.6) is 0 Å². The molecule has 1 spiro atoms. The second-order valence-corrected chi connectivity index (χ2v) is 9.60. The molecule has 3 heterocycles. The van der Waals surface area contributed by atoms with Gasteiger partial charge in [-0.15, -0.1) is 6.58 Å². The molecule has 1 aromatic carbocycles. The summed E-state index contributed by atoms with van der Waals surface area (Å²) in [5.74, 6) is -3.83. The zero-order valence-electron chi connectivity index (χ0n) is 20.6. The van der Waals surface area contributed by atoms with E-state index in [0.717, 1.165) is 18.8 Å². The number of hydrogen-bond donors (Lipinski definition) is 2. The Balaban J connectivity index is 1.75. The molecular weight excluding hydrogens is 450 g/mol. The fourth-order valence-electron chi connectivity index (χ4n) is 6.25. The van der Waals surface area contributed by atoms with Gasteiger partial charge in [0.05, 0.1) is 30.6 Å². The number of aliphatic hydroxyl groups excluding tert-OH is 1. The van der Waals surface area contributed by atoms with Crippen LogP contribution in [0.15, 0.2) is 36.9 Å². The molecule has 0 radical (unpaired) electrons. The van der Waals surface area contributed by atoms with E-state index >= 15 is 0 Å². The topological polar surface area (TPSA) is 111 Å². The van der Waals surface area contributed by atoms with E-state index in [-0.39, 0.29) is 19.1 Å². The van der Waals surface area contributed by atoms with Crippen LogP contribution in [0.25, 0.3) is 0 Å². The lowest BCUT2D eigenvalue weighted by molar-refractivity contribution is -0.150. The van der Waals surface area contributed by atoms with Crippen molar-refractivity contribution in [3.05, 3.63) is 36.9 Å². The molecule has 2 N–H and O–H groups in total. The van der Waals surface area contributed by atoms with Gasteiger partial charge in [-0.05, 0) is 57.9 Å². The van der Waals surface area contributed by atoms with Crippen molar-refractivity contribution in [3.63, 3.8) is 0 Å².